The van der Waals surface area contributed by atoms with Crippen molar-refractivity contribution in [1.29, 1.82) is 0 Å². The first-order valence-corrected chi connectivity index (χ1v) is 8.48. The Labute approximate surface area is 144 Å². The topological polar surface area (TPSA) is 90.4 Å². The third-order valence-electron chi connectivity index (χ3n) is 3.86. The number of rotatable bonds is 5. The molecule has 2 rings (SSSR count). The van der Waals surface area contributed by atoms with Gasteiger partial charge in [0.15, 0.2) is 0 Å². The zero-order valence-electron chi connectivity index (χ0n) is 12.0. The standard InChI is InChI=1S/C12H19IN3O5P/c13-16(22)8-1-2-15(12(8)20)9(7-10(17)18)11(19)14-3-5-21-6-4-14/h8-9H,1-7,22H2,(H,17,18)/t8?,9-/m0/s1. The van der Waals surface area contributed by atoms with Crippen LogP contribution in [0.15, 0.2) is 0 Å². The zero-order chi connectivity index (χ0) is 16.3. The van der Waals surface area contributed by atoms with Gasteiger partial charge in [0.05, 0.1) is 19.6 Å². The van der Waals surface area contributed by atoms with E-state index in [1.165, 1.54) is 4.90 Å². The number of hydrogen-bond acceptors (Lipinski definition) is 5. The zero-order valence-corrected chi connectivity index (χ0v) is 15.3. The number of likely N-dealkylation sites (tertiary alicyclic amines) is 1. The molecule has 2 heterocycles. The number of halogens is 1. The summed E-state index contributed by atoms with van der Waals surface area (Å²) in [6.07, 6.45) is 0.213. The van der Waals surface area contributed by atoms with E-state index in [0.29, 0.717) is 39.3 Å². The summed E-state index contributed by atoms with van der Waals surface area (Å²) >= 11 is 2.00. The highest BCUT2D eigenvalue weighted by Gasteiger charge is 2.42. The monoisotopic (exact) mass is 443 g/mol. The first-order valence-electron chi connectivity index (χ1n) is 7.00. The van der Waals surface area contributed by atoms with Gasteiger partial charge in [-0.05, 0) is 6.42 Å². The molecule has 3 atom stereocenters. The quantitative estimate of drug-likeness (QED) is 0.358. The fourth-order valence-corrected chi connectivity index (χ4v) is 3.51. The highest BCUT2D eigenvalue weighted by Crippen LogP contribution is 2.26. The molecule has 0 radical (unpaired) electrons. The van der Waals surface area contributed by atoms with Gasteiger partial charge in [-0.3, -0.25) is 14.4 Å². The lowest BCUT2D eigenvalue weighted by Gasteiger charge is -2.34. The Balaban J connectivity index is 2.13. The van der Waals surface area contributed by atoms with Gasteiger partial charge in [-0.2, -0.15) is 0 Å². The van der Waals surface area contributed by atoms with Crippen LogP contribution in [0.3, 0.4) is 0 Å². The normalized spacial score (nSPS) is 24.0. The van der Waals surface area contributed by atoms with Crippen LogP contribution in [0.1, 0.15) is 12.8 Å². The molecular formula is C12H19IN3O5P. The van der Waals surface area contributed by atoms with Crippen LogP contribution in [0.5, 0.6) is 0 Å². The Morgan fingerprint density at radius 3 is 2.55 bits per heavy atom. The number of morpholine rings is 1. The first-order chi connectivity index (χ1) is 10.4. The summed E-state index contributed by atoms with van der Waals surface area (Å²) in [5.74, 6) is -1.58. The van der Waals surface area contributed by atoms with Crippen molar-refractivity contribution < 1.29 is 24.2 Å². The van der Waals surface area contributed by atoms with E-state index >= 15 is 0 Å². The molecular weight excluding hydrogens is 424 g/mol. The minimum absolute atomic E-state index is 0.197. The van der Waals surface area contributed by atoms with Crippen molar-refractivity contribution in [3.63, 3.8) is 0 Å². The van der Waals surface area contributed by atoms with Crippen molar-refractivity contribution in [2.75, 3.05) is 32.8 Å². The lowest BCUT2D eigenvalue weighted by Crippen LogP contribution is -2.53. The van der Waals surface area contributed by atoms with Gasteiger partial charge in [0, 0.05) is 42.5 Å². The molecule has 2 fully saturated rings. The van der Waals surface area contributed by atoms with Gasteiger partial charge in [0.1, 0.15) is 12.1 Å². The SMILES string of the molecule is O=C(O)C[C@@H](C(=O)N1CCOCC1)N1CCC(N(P)I)C1=O. The summed E-state index contributed by atoms with van der Waals surface area (Å²) in [5.41, 5.74) is 0. The Morgan fingerprint density at radius 1 is 1.41 bits per heavy atom. The summed E-state index contributed by atoms with van der Waals surface area (Å²) in [5, 5.41) is 9.10. The third-order valence-corrected chi connectivity index (χ3v) is 4.89. The molecule has 0 saturated carbocycles. The van der Waals surface area contributed by atoms with E-state index in [1.807, 2.05) is 22.9 Å². The number of carboxylic acids is 1. The maximum atomic E-state index is 12.6. The second kappa shape index (κ2) is 7.85. The molecule has 0 aromatic rings. The van der Waals surface area contributed by atoms with Crippen molar-refractivity contribution in [1.82, 2.24) is 12.7 Å². The Hall–Kier alpha value is -0.510. The number of amides is 2. The molecule has 2 aliphatic heterocycles. The Kier molecular flexibility index (Phi) is 6.36. The summed E-state index contributed by atoms with van der Waals surface area (Å²) in [6, 6.07) is -1.27. The molecule has 2 saturated heterocycles. The van der Waals surface area contributed by atoms with E-state index in [1.54, 1.807) is 7.78 Å². The number of carbonyl (C=O) groups excluding carboxylic acids is 2. The molecule has 0 aromatic carbocycles. The van der Waals surface area contributed by atoms with E-state index in [2.05, 4.69) is 9.39 Å². The highest BCUT2D eigenvalue weighted by atomic mass is 127. The van der Waals surface area contributed by atoms with Crippen molar-refractivity contribution in [2.24, 2.45) is 0 Å². The molecule has 0 spiro atoms. The van der Waals surface area contributed by atoms with Gasteiger partial charge in [0.25, 0.3) is 0 Å². The average Bonchev–Trinajstić information content (AvgIpc) is 2.86. The molecule has 8 nitrogen and oxygen atoms in total. The predicted molar refractivity (Wildman–Crippen MR) is 89.1 cm³/mol. The Bertz CT molecular complexity index is 458. The van der Waals surface area contributed by atoms with Gasteiger partial charge < -0.3 is 19.6 Å². The number of aliphatic carboxylic acids is 1. The van der Waals surface area contributed by atoms with E-state index < -0.39 is 12.0 Å². The maximum absolute atomic E-state index is 12.6. The molecule has 1 N–H and O–H groups in total. The minimum Gasteiger partial charge on any atom is -0.481 e. The molecule has 2 unspecified atom stereocenters. The lowest BCUT2D eigenvalue weighted by atomic mass is 10.1. The van der Waals surface area contributed by atoms with Crippen molar-refractivity contribution >= 4 is 50.0 Å². The molecule has 124 valence electrons. The Morgan fingerprint density at radius 2 is 2.05 bits per heavy atom. The molecule has 0 aliphatic carbocycles. The van der Waals surface area contributed by atoms with Crippen molar-refractivity contribution in [2.45, 2.75) is 24.9 Å². The largest absolute Gasteiger partial charge is 0.481 e. The highest BCUT2D eigenvalue weighted by molar-refractivity contribution is 14.1. The van der Waals surface area contributed by atoms with Gasteiger partial charge in [0.2, 0.25) is 11.8 Å². The van der Waals surface area contributed by atoms with Crippen LogP contribution in [-0.4, -0.2) is 80.5 Å². The number of carbonyl (C=O) groups is 3. The molecule has 10 heteroatoms. The van der Waals surface area contributed by atoms with Gasteiger partial charge in [-0.15, -0.1) is 0 Å². The van der Waals surface area contributed by atoms with Crippen LogP contribution >= 0.6 is 32.3 Å². The van der Waals surface area contributed by atoms with E-state index in [9.17, 15) is 14.4 Å². The smallest absolute Gasteiger partial charge is 0.305 e. The maximum Gasteiger partial charge on any atom is 0.305 e. The third kappa shape index (κ3) is 4.06. The van der Waals surface area contributed by atoms with Crippen LogP contribution < -0.4 is 0 Å². The molecule has 2 aliphatic rings. The fraction of sp³-hybridized carbons (Fsp3) is 0.750. The summed E-state index contributed by atoms with van der Waals surface area (Å²) in [4.78, 5) is 39.2. The summed E-state index contributed by atoms with van der Waals surface area (Å²) < 4.78 is 6.90. The molecule has 0 aromatic heterocycles. The van der Waals surface area contributed by atoms with Crippen LogP contribution in [0.25, 0.3) is 0 Å². The van der Waals surface area contributed by atoms with E-state index in [4.69, 9.17) is 9.84 Å². The number of ether oxygens (including phenoxy) is 1. The molecule has 22 heavy (non-hydrogen) atoms. The van der Waals surface area contributed by atoms with Crippen molar-refractivity contribution in [3.05, 3.63) is 0 Å². The summed E-state index contributed by atoms with van der Waals surface area (Å²) in [6.45, 7) is 2.14. The number of carboxylic acid groups (broad SMARTS) is 1. The fourth-order valence-electron chi connectivity index (χ4n) is 2.72. The van der Waals surface area contributed by atoms with Gasteiger partial charge >= 0.3 is 5.97 Å². The van der Waals surface area contributed by atoms with Gasteiger partial charge in [-0.25, -0.2) is 2.88 Å². The van der Waals surface area contributed by atoms with Gasteiger partial charge in [-0.1, -0.05) is 9.39 Å². The number of hydrogen-bond donors (Lipinski definition) is 1. The first kappa shape index (κ1) is 17.8. The predicted octanol–water partition coefficient (Wildman–Crippen LogP) is -0.268. The van der Waals surface area contributed by atoms with Crippen LogP contribution in [-0.2, 0) is 19.1 Å². The lowest BCUT2D eigenvalue weighted by molar-refractivity contribution is -0.151. The number of nitrogens with zero attached hydrogens (tertiary/aromatic N) is 3. The van der Waals surface area contributed by atoms with Crippen LogP contribution in [0.4, 0.5) is 0 Å². The minimum atomic E-state index is -1.08. The second-order valence-electron chi connectivity index (χ2n) is 5.23. The average molecular weight is 443 g/mol. The second-order valence-corrected chi connectivity index (χ2v) is 7.95. The van der Waals surface area contributed by atoms with Crippen molar-refractivity contribution in [3.8, 4) is 0 Å². The van der Waals surface area contributed by atoms with Crippen LogP contribution in [0.2, 0.25) is 0 Å². The van der Waals surface area contributed by atoms with Crippen LogP contribution in [0, 0.1) is 0 Å². The van der Waals surface area contributed by atoms with E-state index in [-0.39, 0.29) is 24.3 Å². The molecule has 2 amide bonds. The van der Waals surface area contributed by atoms with E-state index in [0.717, 1.165) is 0 Å². The summed E-state index contributed by atoms with van der Waals surface area (Å²) in [7, 11) is 2.43. The molecule has 0 bridgehead atoms.